The summed E-state index contributed by atoms with van der Waals surface area (Å²) in [5, 5.41) is 14.7. The van der Waals surface area contributed by atoms with Crippen LogP contribution in [-0.4, -0.2) is 23.0 Å². The van der Waals surface area contributed by atoms with Crippen LogP contribution in [0.15, 0.2) is 42.5 Å². The zero-order valence-corrected chi connectivity index (χ0v) is 13.7. The number of nitrogens with one attached hydrogen (secondary N) is 2. The third-order valence-corrected chi connectivity index (χ3v) is 3.62. The van der Waals surface area contributed by atoms with E-state index in [-0.39, 0.29) is 5.69 Å². The van der Waals surface area contributed by atoms with Crippen molar-refractivity contribution >= 4 is 17.5 Å². The third-order valence-electron chi connectivity index (χ3n) is 3.62. The van der Waals surface area contributed by atoms with Crippen LogP contribution in [0.25, 0.3) is 0 Å². The van der Waals surface area contributed by atoms with Gasteiger partial charge in [0.1, 0.15) is 11.6 Å². The van der Waals surface area contributed by atoms with Gasteiger partial charge in [-0.3, -0.25) is 9.59 Å². The summed E-state index contributed by atoms with van der Waals surface area (Å²) in [5.74, 6) is -3.18. The Labute approximate surface area is 143 Å². The first-order chi connectivity index (χ1) is 11.8. The number of benzene rings is 2. The van der Waals surface area contributed by atoms with Gasteiger partial charge in [-0.1, -0.05) is 18.2 Å². The first kappa shape index (κ1) is 18.5. The van der Waals surface area contributed by atoms with Gasteiger partial charge in [0.05, 0.1) is 17.8 Å². The van der Waals surface area contributed by atoms with Crippen LogP contribution in [0, 0.1) is 18.6 Å². The Morgan fingerprint density at radius 1 is 1.04 bits per heavy atom. The minimum Gasteiger partial charge on any atom is -0.386 e. The van der Waals surface area contributed by atoms with Crippen molar-refractivity contribution in [1.29, 1.82) is 0 Å². The number of anilines is 1. The molecule has 0 aliphatic rings. The molecular formula is C18H18F2N2O3. The van der Waals surface area contributed by atoms with Crippen LogP contribution in [0.3, 0.4) is 0 Å². The summed E-state index contributed by atoms with van der Waals surface area (Å²) in [7, 11) is 0. The van der Waals surface area contributed by atoms with Gasteiger partial charge in [0, 0.05) is 0 Å². The zero-order chi connectivity index (χ0) is 18.6. The van der Waals surface area contributed by atoms with Crippen LogP contribution in [0.4, 0.5) is 14.5 Å². The molecule has 0 fully saturated rings. The molecule has 0 radical (unpaired) electrons. The summed E-state index contributed by atoms with van der Waals surface area (Å²) in [6.07, 6.45) is -1.13. The predicted molar refractivity (Wildman–Crippen MR) is 88.7 cm³/mol. The van der Waals surface area contributed by atoms with Gasteiger partial charge in [0.25, 0.3) is 0 Å². The maximum Gasteiger partial charge on any atom is 0.313 e. The number of rotatable bonds is 4. The molecule has 132 valence electrons. The van der Waals surface area contributed by atoms with E-state index in [0.717, 1.165) is 5.56 Å². The summed E-state index contributed by atoms with van der Waals surface area (Å²) in [6, 6.07) is 8.43. The van der Waals surface area contributed by atoms with Crippen LogP contribution in [-0.2, 0) is 9.59 Å². The van der Waals surface area contributed by atoms with Gasteiger partial charge < -0.3 is 15.7 Å². The molecule has 0 heterocycles. The number of hydrogen-bond acceptors (Lipinski definition) is 3. The Kier molecular flexibility index (Phi) is 5.82. The zero-order valence-electron chi connectivity index (χ0n) is 13.7. The SMILES string of the molecule is Cc1ccc(F)c(NC(=O)C(=O)NC(C)C(O)c2ccc(F)cc2)c1. The van der Waals surface area contributed by atoms with E-state index in [1.54, 1.807) is 6.92 Å². The van der Waals surface area contributed by atoms with Crippen LogP contribution < -0.4 is 10.6 Å². The molecule has 25 heavy (non-hydrogen) atoms. The van der Waals surface area contributed by atoms with E-state index in [4.69, 9.17) is 0 Å². The number of carbonyl (C=O) groups is 2. The summed E-state index contributed by atoms with van der Waals surface area (Å²) >= 11 is 0. The van der Waals surface area contributed by atoms with E-state index >= 15 is 0 Å². The van der Waals surface area contributed by atoms with Gasteiger partial charge in [0.2, 0.25) is 0 Å². The molecule has 2 rings (SSSR count). The summed E-state index contributed by atoms with van der Waals surface area (Å²) in [6.45, 7) is 3.21. The highest BCUT2D eigenvalue weighted by Crippen LogP contribution is 2.18. The maximum absolute atomic E-state index is 13.6. The number of carbonyl (C=O) groups excluding carboxylic acids is 2. The van der Waals surface area contributed by atoms with Gasteiger partial charge in [-0.05, 0) is 49.2 Å². The van der Waals surface area contributed by atoms with Crippen molar-refractivity contribution in [3.8, 4) is 0 Å². The largest absolute Gasteiger partial charge is 0.386 e. The molecule has 0 bridgehead atoms. The van der Waals surface area contributed by atoms with Crippen molar-refractivity contribution in [3.63, 3.8) is 0 Å². The van der Waals surface area contributed by atoms with Gasteiger partial charge in [0.15, 0.2) is 0 Å². The molecule has 2 atom stereocenters. The first-order valence-electron chi connectivity index (χ1n) is 7.59. The molecule has 7 heteroatoms. The minimum absolute atomic E-state index is 0.105. The molecule has 0 aliphatic carbocycles. The first-order valence-corrected chi connectivity index (χ1v) is 7.59. The molecule has 0 aromatic heterocycles. The Hall–Kier alpha value is -2.80. The Bertz CT molecular complexity index is 778. The molecule has 2 aromatic rings. The molecule has 0 saturated carbocycles. The lowest BCUT2D eigenvalue weighted by Crippen LogP contribution is -2.43. The molecule has 2 amide bonds. The fourth-order valence-corrected chi connectivity index (χ4v) is 2.21. The molecular weight excluding hydrogens is 330 g/mol. The molecule has 3 N–H and O–H groups in total. The normalized spacial score (nSPS) is 13.0. The summed E-state index contributed by atoms with van der Waals surface area (Å²) in [4.78, 5) is 23.8. The van der Waals surface area contributed by atoms with Crippen LogP contribution in [0.5, 0.6) is 0 Å². The van der Waals surface area contributed by atoms with Crippen molar-refractivity contribution in [2.24, 2.45) is 0 Å². The van der Waals surface area contributed by atoms with E-state index in [1.807, 2.05) is 0 Å². The van der Waals surface area contributed by atoms with Crippen molar-refractivity contribution in [3.05, 3.63) is 65.2 Å². The smallest absolute Gasteiger partial charge is 0.313 e. The number of halogens is 2. The average Bonchev–Trinajstić information content (AvgIpc) is 2.58. The Morgan fingerprint density at radius 2 is 1.68 bits per heavy atom. The van der Waals surface area contributed by atoms with Gasteiger partial charge in [-0.2, -0.15) is 0 Å². The number of aliphatic hydroxyl groups excluding tert-OH is 1. The Balaban J connectivity index is 1.99. The molecule has 0 aliphatic heterocycles. The highest BCUT2D eigenvalue weighted by atomic mass is 19.1. The fraction of sp³-hybridized carbons (Fsp3) is 0.222. The minimum atomic E-state index is -1.13. The van der Waals surface area contributed by atoms with E-state index in [9.17, 15) is 23.5 Å². The van der Waals surface area contributed by atoms with Crippen LogP contribution in [0.1, 0.15) is 24.2 Å². The van der Waals surface area contributed by atoms with Crippen LogP contribution in [0.2, 0.25) is 0 Å². The molecule has 0 spiro atoms. The lowest BCUT2D eigenvalue weighted by atomic mass is 10.0. The summed E-state index contributed by atoms with van der Waals surface area (Å²) < 4.78 is 26.5. The van der Waals surface area contributed by atoms with Crippen LogP contribution >= 0.6 is 0 Å². The molecule has 0 saturated heterocycles. The second-order valence-corrected chi connectivity index (χ2v) is 5.70. The lowest BCUT2D eigenvalue weighted by Gasteiger charge is -2.20. The highest BCUT2D eigenvalue weighted by Gasteiger charge is 2.23. The van der Waals surface area contributed by atoms with Gasteiger partial charge >= 0.3 is 11.8 Å². The topological polar surface area (TPSA) is 78.4 Å². The number of aliphatic hydroxyl groups is 1. The van der Waals surface area contributed by atoms with E-state index in [1.165, 1.54) is 49.4 Å². The highest BCUT2D eigenvalue weighted by molar-refractivity contribution is 6.39. The maximum atomic E-state index is 13.6. The van der Waals surface area contributed by atoms with Crippen molar-refractivity contribution in [2.75, 3.05) is 5.32 Å². The molecule has 5 nitrogen and oxygen atoms in total. The number of aryl methyl sites for hydroxylation is 1. The van der Waals surface area contributed by atoms with Gasteiger partial charge in [-0.25, -0.2) is 8.78 Å². The van der Waals surface area contributed by atoms with E-state index < -0.39 is 35.6 Å². The number of amides is 2. The molecule has 2 unspecified atom stereocenters. The summed E-state index contributed by atoms with van der Waals surface area (Å²) in [5.41, 5.74) is 1.00. The van der Waals surface area contributed by atoms with Crippen molar-refractivity contribution < 1.29 is 23.5 Å². The number of hydrogen-bond donors (Lipinski definition) is 3. The van der Waals surface area contributed by atoms with Gasteiger partial charge in [-0.15, -0.1) is 0 Å². The van der Waals surface area contributed by atoms with E-state index in [2.05, 4.69) is 10.6 Å². The van der Waals surface area contributed by atoms with Crippen molar-refractivity contribution in [1.82, 2.24) is 5.32 Å². The monoisotopic (exact) mass is 348 g/mol. The second kappa shape index (κ2) is 7.85. The quantitative estimate of drug-likeness (QED) is 0.743. The third kappa shape index (κ3) is 4.84. The Morgan fingerprint density at radius 3 is 2.32 bits per heavy atom. The predicted octanol–water partition coefficient (Wildman–Crippen LogP) is 2.45. The standard InChI is InChI=1S/C18H18F2N2O3/c1-10-3-8-14(20)15(9-10)22-18(25)17(24)21-11(2)16(23)12-4-6-13(19)7-5-12/h3-9,11,16,23H,1-2H3,(H,21,24)(H,22,25). The fourth-order valence-electron chi connectivity index (χ4n) is 2.21. The second-order valence-electron chi connectivity index (χ2n) is 5.70. The molecule has 2 aromatic carbocycles. The average molecular weight is 348 g/mol. The van der Waals surface area contributed by atoms with E-state index in [0.29, 0.717) is 5.56 Å². The van der Waals surface area contributed by atoms with Crippen molar-refractivity contribution in [2.45, 2.75) is 26.0 Å². The lowest BCUT2D eigenvalue weighted by molar-refractivity contribution is -0.137.